The fraction of sp³-hybridized carbons (Fsp3) is 0.308. The van der Waals surface area contributed by atoms with E-state index in [0.29, 0.717) is 13.1 Å². The molecule has 37 heavy (non-hydrogen) atoms. The minimum Gasteiger partial charge on any atom is -0.384 e. The summed E-state index contributed by atoms with van der Waals surface area (Å²) in [6.07, 6.45) is 1.88. The highest BCUT2D eigenvalue weighted by Crippen LogP contribution is 2.25. The molecule has 2 aromatic heterocycles. The molecule has 10 nitrogen and oxygen atoms in total. The Morgan fingerprint density at radius 2 is 1.81 bits per heavy atom. The molecule has 0 radical (unpaired) electrons. The van der Waals surface area contributed by atoms with Gasteiger partial charge in [-0.05, 0) is 48.7 Å². The monoisotopic (exact) mass is 504 g/mol. The third-order valence-corrected chi connectivity index (χ3v) is 6.64. The Balaban J connectivity index is 1.18. The van der Waals surface area contributed by atoms with Gasteiger partial charge in [-0.1, -0.05) is 24.3 Å². The molecule has 5 rings (SSSR count). The molecule has 0 atom stereocenters. The molecule has 11 heteroatoms. The van der Waals surface area contributed by atoms with E-state index in [1.54, 1.807) is 12.1 Å². The summed E-state index contributed by atoms with van der Waals surface area (Å²) in [4.78, 5) is 22.0. The Morgan fingerprint density at radius 1 is 1.05 bits per heavy atom. The van der Waals surface area contributed by atoms with Gasteiger partial charge >= 0.3 is 5.69 Å². The summed E-state index contributed by atoms with van der Waals surface area (Å²) in [6.45, 7) is 3.65. The van der Waals surface area contributed by atoms with E-state index in [9.17, 15) is 14.5 Å². The zero-order valence-corrected chi connectivity index (χ0v) is 20.3. The molecule has 0 aliphatic carbocycles. The van der Waals surface area contributed by atoms with Gasteiger partial charge in [-0.25, -0.2) is 14.4 Å². The average molecular weight is 505 g/mol. The molecule has 4 N–H and O–H groups in total. The van der Waals surface area contributed by atoms with Crippen LogP contribution in [0, 0.1) is 15.9 Å². The smallest absolute Gasteiger partial charge is 0.311 e. The van der Waals surface area contributed by atoms with Crippen molar-refractivity contribution in [3.8, 4) is 0 Å². The maximum atomic E-state index is 13.4. The maximum Gasteiger partial charge on any atom is 0.311 e. The van der Waals surface area contributed by atoms with Crippen molar-refractivity contribution in [1.29, 1.82) is 0 Å². The standard InChI is InChI=1S/C26H29FN8O2/c27-19-7-5-18(6-8-19)17-34-22-4-2-1-3-21(22)31-26(34)30-20-11-14-33(15-12-20)16-13-29-25-23(35(36)37)9-10-24(28)32-25/h1-10,20H,11-17H2,(H,30,31)(H3,28,29,32). The van der Waals surface area contributed by atoms with E-state index in [4.69, 9.17) is 10.7 Å². The van der Waals surface area contributed by atoms with Crippen LogP contribution in [-0.4, -0.2) is 56.6 Å². The molecule has 3 heterocycles. The van der Waals surface area contributed by atoms with Crippen LogP contribution in [0.2, 0.25) is 0 Å². The van der Waals surface area contributed by atoms with Gasteiger partial charge in [0.05, 0.1) is 22.5 Å². The first-order valence-electron chi connectivity index (χ1n) is 12.3. The summed E-state index contributed by atoms with van der Waals surface area (Å²) >= 11 is 0. The van der Waals surface area contributed by atoms with E-state index < -0.39 is 4.92 Å². The summed E-state index contributed by atoms with van der Waals surface area (Å²) in [5, 5.41) is 17.9. The molecule has 1 aliphatic heterocycles. The lowest BCUT2D eigenvalue weighted by Gasteiger charge is -2.32. The molecule has 2 aromatic carbocycles. The van der Waals surface area contributed by atoms with Crippen molar-refractivity contribution in [3.63, 3.8) is 0 Å². The number of nitrogens with one attached hydrogen (secondary N) is 2. The van der Waals surface area contributed by atoms with Crippen molar-refractivity contribution in [2.24, 2.45) is 0 Å². The second-order valence-corrected chi connectivity index (χ2v) is 9.18. The number of imidazole rings is 1. The summed E-state index contributed by atoms with van der Waals surface area (Å²) in [7, 11) is 0. The third kappa shape index (κ3) is 5.78. The van der Waals surface area contributed by atoms with Gasteiger partial charge < -0.3 is 25.8 Å². The average Bonchev–Trinajstić information content (AvgIpc) is 3.23. The zero-order valence-electron chi connectivity index (χ0n) is 20.3. The van der Waals surface area contributed by atoms with Crippen molar-refractivity contribution in [2.75, 3.05) is 42.5 Å². The number of nitrogens with zero attached hydrogens (tertiary/aromatic N) is 5. The number of rotatable bonds is 9. The van der Waals surface area contributed by atoms with E-state index in [2.05, 4.69) is 25.1 Å². The van der Waals surface area contributed by atoms with Crippen LogP contribution in [-0.2, 0) is 6.54 Å². The molecule has 0 bridgehead atoms. The molecule has 0 unspecified atom stereocenters. The van der Waals surface area contributed by atoms with Crippen LogP contribution in [0.3, 0.4) is 0 Å². The summed E-state index contributed by atoms with van der Waals surface area (Å²) in [5.74, 6) is 1.000. The predicted molar refractivity (Wildman–Crippen MR) is 142 cm³/mol. The van der Waals surface area contributed by atoms with Gasteiger partial charge in [-0.2, -0.15) is 0 Å². The fourth-order valence-electron chi connectivity index (χ4n) is 4.68. The normalized spacial score (nSPS) is 14.6. The second-order valence-electron chi connectivity index (χ2n) is 9.18. The van der Waals surface area contributed by atoms with Gasteiger partial charge in [-0.3, -0.25) is 10.1 Å². The molecular formula is C26H29FN8O2. The van der Waals surface area contributed by atoms with Crippen molar-refractivity contribution in [2.45, 2.75) is 25.4 Å². The number of nitrogens with two attached hydrogens (primary N) is 1. The van der Waals surface area contributed by atoms with E-state index in [0.717, 1.165) is 55.0 Å². The number of benzene rings is 2. The summed E-state index contributed by atoms with van der Waals surface area (Å²) < 4.78 is 15.5. The number of hydrogen-bond acceptors (Lipinski definition) is 8. The quantitative estimate of drug-likeness (QED) is 0.230. The van der Waals surface area contributed by atoms with E-state index >= 15 is 0 Å². The van der Waals surface area contributed by atoms with Crippen LogP contribution in [0.1, 0.15) is 18.4 Å². The zero-order chi connectivity index (χ0) is 25.8. The Morgan fingerprint density at radius 3 is 2.57 bits per heavy atom. The number of halogens is 1. The number of nitro groups is 1. The van der Waals surface area contributed by atoms with Gasteiger partial charge in [0.1, 0.15) is 11.6 Å². The Bertz CT molecular complexity index is 1380. The van der Waals surface area contributed by atoms with Gasteiger partial charge in [-0.15, -0.1) is 0 Å². The van der Waals surface area contributed by atoms with Crippen molar-refractivity contribution < 1.29 is 9.31 Å². The second kappa shape index (κ2) is 10.8. The maximum absolute atomic E-state index is 13.4. The molecule has 0 saturated carbocycles. The number of aromatic nitrogens is 3. The fourth-order valence-corrected chi connectivity index (χ4v) is 4.68. The molecule has 0 spiro atoms. The van der Waals surface area contributed by atoms with Crippen molar-refractivity contribution in [3.05, 3.63) is 82.2 Å². The number of pyridine rings is 1. The van der Waals surface area contributed by atoms with Crippen LogP contribution in [0.4, 0.5) is 27.7 Å². The van der Waals surface area contributed by atoms with Crippen molar-refractivity contribution in [1.82, 2.24) is 19.4 Å². The summed E-state index contributed by atoms with van der Waals surface area (Å²) in [6, 6.07) is 17.6. The van der Waals surface area contributed by atoms with E-state index in [1.807, 2.05) is 24.3 Å². The highest BCUT2D eigenvalue weighted by atomic mass is 19.1. The van der Waals surface area contributed by atoms with Gasteiger partial charge in [0.15, 0.2) is 0 Å². The molecule has 1 saturated heterocycles. The van der Waals surface area contributed by atoms with Crippen LogP contribution < -0.4 is 16.4 Å². The number of anilines is 3. The van der Waals surface area contributed by atoms with E-state index in [1.165, 1.54) is 24.3 Å². The lowest BCUT2D eigenvalue weighted by atomic mass is 10.1. The van der Waals surface area contributed by atoms with Gasteiger partial charge in [0.2, 0.25) is 11.8 Å². The highest BCUT2D eigenvalue weighted by Gasteiger charge is 2.22. The molecule has 0 amide bonds. The Labute approximate surface area is 213 Å². The topological polar surface area (TPSA) is 127 Å². The largest absolute Gasteiger partial charge is 0.384 e. The molecule has 192 valence electrons. The molecular weight excluding hydrogens is 475 g/mol. The minimum absolute atomic E-state index is 0.0827. The van der Waals surface area contributed by atoms with Crippen LogP contribution in [0.15, 0.2) is 60.7 Å². The Hall–Kier alpha value is -4.25. The highest BCUT2D eigenvalue weighted by molar-refractivity contribution is 5.78. The third-order valence-electron chi connectivity index (χ3n) is 6.64. The number of piperidine rings is 1. The number of hydrogen-bond donors (Lipinski definition) is 3. The first-order chi connectivity index (χ1) is 18.0. The summed E-state index contributed by atoms with van der Waals surface area (Å²) in [5.41, 5.74) is 8.56. The first-order valence-corrected chi connectivity index (χ1v) is 12.3. The Kier molecular flexibility index (Phi) is 7.13. The van der Waals surface area contributed by atoms with Crippen LogP contribution in [0.25, 0.3) is 11.0 Å². The minimum atomic E-state index is -0.463. The number of fused-ring (bicyclic) bond motifs is 1. The van der Waals surface area contributed by atoms with E-state index in [-0.39, 0.29) is 29.2 Å². The number of likely N-dealkylation sites (tertiary alicyclic amines) is 1. The first kappa shape index (κ1) is 24.4. The van der Waals surface area contributed by atoms with Crippen LogP contribution in [0.5, 0.6) is 0 Å². The molecule has 4 aromatic rings. The van der Waals surface area contributed by atoms with Crippen LogP contribution >= 0.6 is 0 Å². The predicted octanol–water partition coefficient (Wildman–Crippen LogP) is 4.10. The van der Waals surface area contributed by atoms with Gasteiger partial charge in [0, 0.05) is 38.3 Å². The number of para-hydroxylation sites is 2. The van der Waals surface area contributed by atoms with Crippen molar-refractivity contribution >= 4 is 34.3 Å². The SMILES string of the molecule is Nc1ccc([N+](=O)[O-])c(NCCN2CCC(Nc3nc4ccccc4n3Cc3ccc(F)cc3)CC2)n1. The van der Waals surface area contributed by atoms with Gasteiger partial charge in [0.25, 0.3) is 0 Å². The lowest BCUT2D eigenvalue weighted by Crippen LogP contribution is -2.41. The number of nitrogen functional groups attached to an aromatic ring is 1. The molecule has 1 aliphatic rings. The lowest BCUT2D eigenvalue weighted by molar-refractivity contribution is -0.384. The molecule has 1 fully saturated rings.